The summed E-state index contributed by atoms with van der Waals surface area (Å²) in [7, 11) is -3.25. The zero-order chi connectivity index (χ0) is 23.5. The predicted molar refractivity (Wildman–Crippen MR) is 125 cm³/mol. The van der Waals surface area contributed by atoms with Crippen LogP contribution in [0, 0.1) is 6.92 Å². The third-order valence-corrected chi connectivity index (χ3v) is 7.20. The maximum Gasteiger partial charge on any atom is 0.408 e. The van der Waals surface area contributed by atoms with Gasteiger partial charge >= 0.3 is 6.09 Å². The van der Waals surface area contributed by atoms with Gasteiger partial charge in [0.25, 0.3) is 0 Å². The van der Waals surface area contributed by atoms with Crippen LogP contribution in [0.5, 0.6) is 0 Å². The number of carbonyl (C=O) groups excluding carboxylic acids is 2. The molecule has 2 heterocycles. The lowest BCUT2D eigenvalue weighted by Gasteiger charge is -2.43. The lowest BCUT2D eigenvalue weighted by Crippen LogP contribution is -2.43. The molecule has 0 atom stereocenters. The van der Waals surface area contributed by atoms with E-state index < -0.39 is 22.5 Å². The molecule has 0 saturated carbocycles. The van der Waals surface area contributed by atoms with E-state index in [9.17, 15) is 18.7 Å². The molecule has 3 N–H and O–H groups in total. The Hall–Kier alpha value is -2.40. The second-order valence-corrected chi connectivity index (χ2v) is 10.8. The zero-order valence-electron chi connectivity index (χ0n) is 19.0. The number of alkyl carbamates (subject to hydrolysis) is 1. The molecule has 1 aromatic heterocycles. The molecule has 0 unspecified atom stereocenters. The largest absolute Gasteiger partial charge is 0.444 e. The van der Waals surface area contributed by atoms with Crippen molar-refractivity contribution in [2.75, 3.05) is 32.7 Å². The van der Waals surface area contributed by atoms with Gasteiger partial charge in [-0.2, -0.15) is 0 Å². The average molecular weight is 465 g/mol. The second kappa shape index (κ2) is 9.62. The summed E-state index contributed by atoms with van der Waals surface area (Å²) in [6.45, 7) is 8.54. The Bertz CT molecular complexity index is 987. The first-order valence-corrected chi connectivity index (χ1v) is 12.1. The molecule has 10 heteroatoms. The summed E-state index contributed by atoms with van der Waals surface area (Å²) in [6, 6.07) is 5.43. The third-order valence-electron chi connectivity index (χ3n) is 5.18. The van der Waals surface area contributed by atoms with Crippen molar-refractivity contribution in [3.63, 3.8) is 0 Å². The molecule has 1 aliphatic heterocycles. The zero-order valence-corrected chi connectivity index (χ0v) is 19.8. The molecule has 32 heavy (non-hydrogen) atoms. The van der Waals surface area contributed by atoms with Crippen molar-refractivity contribution >= 4 is 33.5 Å². The van der Waals surface area contributed by atoms with E-state index in [0.717, 1.165) is 16.3 Å². The van der Waals surface area contributed by atoms with Gasteiger partial charge in [-0.15, -0.1) is 10.8 Å². The van der Waals surface area contributed by atoms with Crippen molar-refractivity contribution in [2.45, 2.75) is 44.6 Å². The van der Waals surface area contributed by atoms with Gasteiger partial charge < -0.3 is 15.0 Å². The fourth-order valence-electron chi connectivity index (χ4n) is 3.71. The maximum atomic E-state index is 12.6. The number of carbonyl (C=O) groups is 2. The van der Waals surface area contributed by atoms with E-state index in [2.05, 4.69) is 10.3 Å². The number of ether oxygens (including phenoxy) is 1. The van der Waals surface area contributed by atoms with Gasteiger partial charge in [0.1, 0.15) is 12.1 Å². The first-order chi connectivity index (χ1) is 15.0. The van der Waals surface area contributed by atoms with E-state index in [-0.39, 0.29) is 12.5 Å². The summed E-state index contributed by atoms with van der Waals surface area (Å²) in [4.78, 5) is 30.7. The number of benzene rings is 1. The Balaban J connectivity index is 1.67. The van der Waals surface area contributed by atoms with Crippen molar-refractivity contribution in [3.05, 3.63) is 36.2 Å². The molecule has 0 radical (unpaired) electrons. The van der Waals surface area contributed by atoms with E-state index in [0.29, 0.717) is 37.5 Å². The minimum absolute atomic E-state index is 0.166. The van der Waals surface area contributed by atoms with E-state index in [1.807, 2.05) is 13.0 Å². The van der Waals surface area contributed by atoms with Crippen LogP contribution in [0.4, 0.5) is 4.79 Å². The molecule has 1 aliphatic rings. The van der Waals surface area contributed by atoms with Gasteiger partial charge in [0.2, 0.25) is 5.91 Å². The van der Waals surface area contributed by atoms with Crippen LogP contribution in [0.15, 0.2) is 35.5 Å². The minimum atomic E-state index is -3.25. The van der Waals surface area contributed by atoms with Crippen LogP contribution < -0.4 is 5.32 Å². The molecule has 1 saturated heterocycles. The van der Waals surface area contributed by atoms with Crippen LogP contribution in [0.1, 0.15) is 32.8 Å². The molecule has 1 aromatic carbocycles. The number of nitrogens with one attached hydrogen (secondary N) is 1. The molecular weight excluding hydrogens is 432 g/mol. The molecule has 0 bridgehead atoms. The highest BCUT2D eigenvalue weighted by Gasteiger charge is 2.30. The number of pyridine rings is 1. The molecule has 0 spiro atoms. The normalized spacial score (nSPS) is 16.5. The number of rotatable bonds is 4. The third kappa shape index (κ3) is 5.69. The van der Waals surface area contributed by atoms with E-state index >= 15 is 0 Å². The van der Waals surface area contributed by atoms with Gasteiger partial charge in [0, 0.05) is 49.3 Å². The quantitative estimate of drug-likeness (QED) is 0.633. The van der Waals surface area contributed by atoms with Gasteiger partial charge in [0.05, 0.1) is 4.90 Å². The Morgan fingerprint density at radius 1 is 1.16 bits per heavy atom. The van der Waals surface area contributed by atoms with Crippen LogP contribution in [-0.4, -0.2) is 73.6 Å². The predicted octanol–water partition coefficient (Wildman–Crippen LogP) is 3.63. The SMILES string of the molecule is Cc1cncc2cccc(S(O)(O)N3CCCN(C(=O)CNC(=O)OC(C)(C)C)CC3)c12. The molecule has 2 aromatic rings. The van der Waals surface area contributed by atoms with Crippen LogP contribution in [0.2, 0.25) is 0 Å². The van der Waals surface area contributed by atoms with E-state index in [1.54, 1.807) is 54.5 Å². The number of hydrogen-bond donors (Lipinski definition) is 3. The van der Waals surface area contributed by atoms with Gasteiger partial charge in [-0.1, -0.05) is 12.1 Å². The number of fused-ring (bicyclic) bond motifs is 1. The van der Waals surface area contributed by atoms with Crippen LogP contribution >= 0.6 is 10.8 Å². The minimum Gasteiger partial charge on any atom is -0.444 e. The average Bonchev–Trinajstić information content (AvgIpc) is 2.97. The van der Waals surface area contributed by atoms with E-state index in [1.165, 1.54) is 0 Å². The molecule has 9 nitrogen and oxygen atoms in total. The van der Waals surface area contributed by atoms with Crippen LogP contribution in [0.3, 0.4) is 0 Å². The summed E-state index contributed by atoms with van der Waals surface area (Å²) in [5, 5.41) is 4.13. The van der Waals surface area contributed by atoms with Crippen LogP contribution in [0.25, 0.3) is 10.8 Å². The molecule has 2 amide bonds. The summed E-state index contributed by atoms with van der Waals surface area (Å²) in [5.41, 5.74) is 0.235. The second-order valence-electron chi connectivity index (χ2n) is 8.85. The van der Waals surface area contributed by atoms with Crippen LogP contribution in [-0.2, 0) is 9.53 Å². The number of amides is 2. The Morgan fingerprint density at radius 2 is 1.91 bits per heavy atom. The molecule has 1 fully saturated rings. The highest BCUT2D eigenvalue weighted by molar-refractivity contribution is 8.22. The van der Waals surface area contributed by atoms with Gasteiger partial charge in [-0.25, -0.2) is 9.10 Å². The smallest absolute Gasteiger partial charge is 0.408 e. The summed E-state index contributed by atoms with van der Waals surface area (Å²) >= 11 is 0. The molecule has 0 aliphatic carbocycles. The van der Waals surface area contributed by atoms with Crippen molar-refractivity contribution in [1.29, 1.82) is 0 Å². The van der Waals surface area contributed by atoms with E-state index in [4.69, 9.17) is 4.74 Å². The van der Waals surface area contributed by atoms with Gasteiger partial charge in [-0.3, -0.25) is 18.9 Å². The fourth-order valence-corrected chi connectivity index (χ4v) is 5.52. The Kier molecular flexibility index (Phi) is 7.29. The van der Waals surface area contributed by atoms with Crippen molar-refractivity contribution in [1.82, 2.24) is 19.5 Å². The maximum absolute atomic E-state index is 12.6. The first-order valence-electron chi connectivity index (χ1n) is 10.6. The van der Waals surface area contributed by atoms with Crippen molar-refractivity contribution < 1.29 is 23.4 Å². The highest BCUT2D eigenvalue weighted by atomic mass is 32.3. The monoisotopic (exact) mass is 464 g/mol. The number of aryl methyl sites for hydroxylation is 1. The number of aromatic nitrogens is 1. The summed E-state index contributed by atoms with van der Waals surface area (Å²) < 4.78 is 29.3. The standard InChI is InChI=1S/C22H32N4O5S/c1-16-13-23-14-17-7-5-8-18(20(16)17)32(29,30)26-10-6-9-25(11-12-26)19(27)15-24-21(28)31-22(2,3)4/h5,7-8,13-14,29-30H,6,9-12,15H2,1-4H3,(H,24,28). The molecular formula is C22H32N4O5S. The molecule has 176 valence electrons. The fraction of sp³-hybridized carbons (Fsp3) is 0.500. The van der Waals surface area contributed by atoms with Crippen molar-refractivity contribution in [3.8, 4) is 0 Å². The van der Waals surface area contributed by atoms with Crippen molar-refractivity contribution in [2.24, 2.45) is 0 Å². The lowest BCUT2D eigenvalue weighted by molar-refractivity contribution is -0.130. The lowest BCUT2D eigenvalue weighted by atomic mass is 10.1. The number of hydrogen-bond acceptors (Lipinski definition) is 7. The molecule has 3 rings (SSSR count). The van der Waals surface area contributed by atoms with Gasteiger partial charge in [0.15, 0.2) is 0 Å². The first kappa shape index (κ1) is 24.2. The Morgan fingerprint density at radius 3 is 2.62 bits per heavy atom. The summed E-state index contributed by atoms with van der Waals surface area (Å²) in [5.74, 6) is -0.235. The Labute approximate surface area is 190 Å². The number of nitrogens with zero attached hydrogens (tertiary/aromatic N) is 3. The summed E-state index contributed by atoms with van der Waals surface area (Å²) in [6.07, 6.45) is 3.36. The van der Waals surface area contributed by atoms with Gasteiger partial charge in [-0.05, 0) is 45.7 Å². The topological polar surface area (TPSA) is 115 Å². The highest BCUT2D eigenvalue weighted by Crippen LogP contribution is 2.54.